The lowest BCUT2D eigenvalue weighted by Crippen LogP contribution is -2.19. The number of fused-ring (bicyclic) bond motifs is 1. The zero-order valence-corrected chi connectivity index (χ0v) is 9.52. The molecule has 0 aliphatic rings. The standard InChI is InChI=1S/C12H14O3S/c13-5-3-10(14)12(15)9-2-1-8-4-6-16-11(8)7-9/h1-2,4,6-7,10,12-15H,3,5H2. The van der Waals surface area contributed by atoms with Crippen LogP contribution in [0.15, 0.2) is 29.6 Å². The van der Waals surface area contributed by atoms with Gasteiger partial charge in [-0.25, -0.2) is 0 Å². The topological polar surface area (TPSA) is 60.7 Å². The van der Waals surface area contributed by atoms with E-state index >= 15 is 0 Å². The van der Waals surface area contributed by atoms with Gasteiger partial charge in [-0.15, -0.1) is 11.3 Å². The Morgan fingerprint density at radius 3 is 2.75 bits per heavy atom. The van der Waals surface area contributed by atoms with Crippen molar-refractivity contribution < 1.29 is 15.3 Å². The fourth-order valence-electron chi connectivity index (χ4n) is 1.67. The number of aliphatic hydroxyl groups excluding tert-OH is 3. The van der Waals surface area contributed by atoms with Gasteiger partial charge < -0.3 is 15.3 Å². The van der Waals surface area contributed by atoms with Crippen molar-refractivity contribution in [3.63, 3.8) is 0 Å². The molecule has 2 aromatic rings. The number of hydrogen-bond donors (Lipinski definition) is 3. The van der Waals surface area contributed by atoms with E-state index in [4.69, 9.17) is 5.11 Å². The molecule has 1 heterocycles. The number of hydrogen-bond acceptors (Lipinski definition) is 4. The first kappa shape index (κ1) is 11.5. The van der Waals surface area contributed by atoms with Crippen LogP contribution in [0.25, 0.3) is 10.1 Å². The fraction of sp³-hybridized carbons (Fsp3) is 0.333. The largest absolute Gasteiger partial charge is 0.396 e. The summed E-state index contributed by atoms with van der Waals surface area (Å²) < 4.78 is 1.09. The van der Waals surface area contributed by atoms with Crippen molar-refractivity contribution >= 4 is 21.4 Å². The fourth-order valence-corrected chi connectivity index (χ4v) is 2.51. The van der Waals surface area contributed by atoms with Crippen molar-refractivity contribution in [3.8, 4) is 0 Å². The van der Waals surface area contributed by atoms with Crippen LogP contribution < -0.4 is 0 Å². The maximum atomic E-state index is 9.86. The minimum absolute atomic E-state index is 0.126. The average Bonchev–Trinajstić information content (AvgIpc) is 2.75. The summed E-state index contributed by atoms with van der Waals surface area (Å²) in [5, 5.41) is 31.3. The summed E-state index contributed by atoms with van der Waals surface area (Å²) in [6, 6.07) is 7.63. The van der Waals surface area contributed by atoms with Crippen LogP contribution in [-0.4, -0.2) is 28.0 Å². The summed E-state index contributed by atoms with van der Waals surface area (Å²) in [4.78, 5) is 0. The third-order valence-corrected chi connectivity index (χ3v) is 3.49. The van der Waals surface area contributed by atoms with Crippen molar-refractivity contribution in [1.82, 2.24) is 0 Å². The van der Waals surface area contributed by atoms with Crippen molar-refractivity contribution in [1.29, 1.82) is 0 Å². The van der Waals surface area contributed by atoms with Gasteiger partial charge in [0.05, 0.1) is 6.10 Å². The molecule has 2 rings (SSSR count). The lowest BCUT2D eigenvalue weighted by Gasteiger charge is -2.17. The van der Waals surface area contributed by atoms with Crippen LogP contribution in [-0.2, 0) is 0 Å². The van der Waals surface area contributed by atoms with Crippen LogP contribution in [0, 0.1) is 0 Å². The first-order valence-electron chi connectivity index (χ1n) is 5.16. The van der Waals surface area contributed by atoms with Gasteiger partial charge in [0.2, 0.25) is 0 Å². The Labute approximate surface area is 97.6 Å². The molecule has 2 unspecified atom stereocenters. The molecule has 1 aromatic heterocycles. The van der Waals surface area contributed by atoms with Crippen LogP contribution in [0.2, 0.25) is 0 Å². The summed E-state index contributed by atoms with van der Waals surface area (Å²) in [7, 11) is 0. The second kappa shape index (κ2) is 4.93. The molecular formula is C12H14O3S. The highest BCUT2D eigenvalue weighted by Gasteiger charge is 2.17. The smallest absolute Gasteiger partial charge is 0.105 e. The van der Waals surface area contributed by atoms with Gasteiger partial charge in [-0.3, -0.25) is 0 Å². The third kappa shape index (κ3) is 2.25. The van der Waals surface area contributed by atoms with Crippen molar-refractivity contribution in [2.24, 2.45) is 0 Å². The van der Waals surface area contributed by atoms with Gasteiger partial charge in [-0.05, 0) is 34.9 Å². The lowest BCUT2D eigenvalue weighted by atomic mass is 10.0. The second-order valence-corrected chi connectivity index (χ2v) is 4.69. The van der Waals surface area contributed by atoms with E-state index in [2.05, 4.69) is 0 Å². The third-order valence-electron chi connectivity index (χ3n) is 2.61. The Kier molecular flexibility index (Phi) is 3.56. The molecule has 16 heavy (non-hydrogen) atoms. The molecule has 0 amide bonds. The highest BCUT2D eigenvalue weighted by Crippen LogP contribution is 2.26. The highest BCUT2D eigenvalue weighted by molar-refractivity contribution is 7.17. The Morgan fingerprint density at radius 2 is 2.00 bits per heavy atom. The van der Waals surface area contributed by atoms with E-state index < -0.39 is 12.2 Å². The number of rotatable bonds is 4. The number of aliphatic hydroxyl groups is 3. The molecule has 3 N–H and O–H groups in total. The van der Waals surface area contributed by atoms with Gasteiger partial charge in [-0.2, -0.15) is 0 Å². The SMILES string of the molecule is OCCC(O)C(O)c1ccc2ccsc2c1. The Bertz CT molecular complexity index is 466. The first-order chi connectivity index (χ1) is 7.72. The first-order valence-corrected chi connectivity index (χ1v) is 6.04. The molecule has 0 aliphatic heterocycles. The van der Waals surface area contributed by atoms with E-state index in [1.54, 1.807) is 17.4 Å². The predicted molar refractivity (Wildman–Crippen MR) is 64.5 cm³/mol. The highest BCUT2D eigenvalue weighted by atomic mass is 32.1. The van der Waals surface area contributed by atoms with Gasteiger partial charge in [0.1, 0.15) is 6.10 Å². The molecular weight excluding hydrogens is 224 g/mol. The maximum absolute atomic E-state index is 9.86. The maximum Gasteiger partial charge on any atom is 0.105 e. The zero-order chi connectivity index (χ0) is 11.5. The Hall–Kier alpha value is -0.940. The zero-order valence-electron chi connectivity index (χ0n) is 8.71. The van der Waals surface area contributed by atoms with Gasteiger partial charge in [-0.1, -0.05) is 12.1 Å². The molecule has 2 atom stereocenters. The van der Waals surface area contributed by atoms with Gasteiger partial charge in [0.25, 0.3) is 0 Å². The van der Waals surface area contributed by atoms with E-state index in [-0.39, 0.29) is 13.0 Å². The van der Waals surface area contributed by atoms with Crippen LogP contribution >= 0.6 is 11.3 Å². The molecule has 0 saturated heterocycles. The monoisotopic (exact) mass is 238 g/mol. The molecule has 0 bridgehead atoms. The number of benzene rings is 1. The normalized spacial score (nSPS) is 15.2. The molecule has 1 aromatic carbocycles. The molecule has 0 radical (unpaired) electrons. The van der Waals surface area contributed by atoms with Crippen LogP contribution in [0.1, 0.15) is 18.1 Å². The summed E-state index contributed by atoms with van der Waals surface area (Å²) in [5.41, 5.74) is 0.691. The molecule has 86 valence electrons. The lowest BCUT2D eigenvalue weighted by molar-refractivity contribution is 0.00429. The predicted octanol–water partition coefficient (Wildman–Crippen LogP) is 1.68. The van der Waals surface area contributed by atoms with E-state index in [0.717, 1.165) is 10.1 Å². The van der Waals surface area contributed by atoms with E-state index in [1.165, 1.54) is 0 Å². The minimum atomic E-state index is -0.932. The van der Waals surface area contributed by atoms with Gasteiger partial charge >= 0.3 is 0 Å². The number of thiophene rings is 1. The summed E-state index contributed by atoms with van der Waals surface area (Å²) in [6.07, 6.45) is -1.66. The van der Waals surface area contributed by atoms with Crippen LogP contribution in [0.3, 0.4) is 0 Å². The van der Waals surface area contributed by atoms with Crippen molar-refractivity contribution in [3.05, 3.63) is 35.2 Å². The van der Waals surface area contributed by atoms with E-state index in [1.807, 2.05) is 23.6 Å². The summed E-state index contributed by atoms with van der Waals surface area (Å²) >= 11 is 1.60. The Morgan fingerprint density at radius 1 is 1.19 bits per heavy atom. The summed E-state index contributed by atoms with van der Waals surface area (Å²) in [6.45, 7) is -0.126. The molecule has 0 fully saturated rings. The van der Waals surface area contributed by atoms with Gasteiger partial charge in [0.15, 0.2) is 0 Å². The molecule has 0 saturated carbocycles. The van der Waals surface area contributed by atoms with Gasteiger partial charge in [0, 0.05) is 11.3 Å². The van der Waals surface area contributed by atoms with Crippen LogP contribution in [0.4, 0.5) is 0 Å². The molecule has 0 spiro atoms. The molecule has 3 nitrogen and oxygen atoms in total. The molecule has 0 aliphatic carbocycles. The van der Waals surface area contributed by atoms with Crippen LogP contribution in [0.5, 0.6) is 0 Å². The second-order valence-electron chi connectivity index (χ2n) is 3.74. The molecule has 4 heteroatoms. The summed E-state index contributed by atoms with van der Waals surface area (Å²) in [5.74, 6) is 0. The van der Waals surface area contributed by atoms with Crippen molar-refractivity contribution in [2.45, 2.75) is 18.6 Å². The average molecular weight is 238 g/mol. The van der Waals surface area contributed by atoms with E-state index in [0.29, 0.717) is 5.56 Å². The van der Waals surface area contributed by atoms with E-state index in [9.17, 15) is 10.2 Å². The Balaban J connectivity index is 2.24. The quantitative estimate of drug-likeness (QED) is 0.759. The minimum Gasteiger partial charge on any atom is -0.396 e. The van der Waals surface area contributed by atoms with Crippen molar-refractivity contribution in [2.75, 3.05) is 6.61 Å².